The van der Waals surface area contributed by atoms with Crippen LogP contribution < -0.4 is 5.32 Å². The van der Waals surface area contributed by atoms with E-state index in [9.17, 15) is 9.18 Å². The molecule has 0 unspecified atom stereocenters. The fourth-order valence-electron chi connectivity index (χ4n) is 3.87. The molecule has 3 aromatic rings. The second-order valence-electron chi connectivity index (χ2n) is 7.65. The number of aryl methyl sites for hydroxylation is 1. The fourth-order valence-corrected chi connectivity index (χ4v) is 3.87. The zero-order chi connectivity index (χ0) is 20.9. The van der Waals surface area contributed by atoms with Gasteiger partial charge in [0.1, 0.15) is 11.6 Å². The lowest BCUT2D eigenvalue weighted by atomic mass is 10.1. The van der Waals surface area contributed by atoms with Crippen LogP contribution in [0.25, 0.3) is 0 Å². The predicted molar refractivity (Wildman–Crippen MR) is 113 cm³/mol. The van der Waals surface area contributed by atoms with Crippen molar-refractivity contribution in [1.29, 1.82) is 0 Å². The van der Waals surface area contributed by atoms with Crippen LogP contribution in [0.15, 0.2) is 60.8 Å². The number of likely N-dealkylation sites (tertiary alicyclic amines) is 1. The van der Waals surface area contributed by atoms with Gasteiger partial charge >= 0.3 is 0 Å². The third-order valence-corrected chi connectivity index (χ3v) is 5.50. The molecule has 6 heteroatoms. The zero-order valence-corrected chi connectivity index (χ0v) is 17.0. The average molecular weight is 404 g/mol. The SMILES string of the molecule is Cc1nc([C@H]2CCCN2Cc2ccccc2)ncc1C(=O)NCc1ccc(F)cc1. The molecular weight excluding hydrogens is 379 g/mol. The van der Waals surface area contributed by atoms with Crippen molar-refractivity contribution in [3.63, 3.8) is 0 Å². The molecule has 1 amide bonds. The third kappa shape index (κ3) is 4.71. The van der Waals surface area contributed by atoms with Crippen LogP contribution >= 0.6 is 0 Å². The van der Waals surface area contributed by atoms with E-state index < -0.39 is 0 Å². The van der Waals surface area contributed by atoms with Crippen molar-refractivity contribution in [3.05, 3.63) is 94.8 Å². The Kier molecular flexibility index (Phi) is 6.14. The molecule has 1 atom stereocenters. The molecule has 0 aliphatic carbocycles. The third-order valence-electron chi connectivity index (χ3n) is 5.50. The molecule has 154 valence electrons. The van der Waals surface area contributed by atoms with Gasteiger partial charge in [0.2, 0.25) is 0 Å². The van der Waals surface area contributed by atoms with Gasteiger partial charge < -0.3 is 5.32 Å². The summed E-state index contributed by atoms with van der Waals surface area (Å²) in [4.78, 5) is 24.2. The summed E-state index contributed by atoms with van der Waals surface area (Å²) >= 11 is 0. The fraction of sp³-hybridized carbons (Fsp3) is 0.292. The second-order valence-corrected chi connectivity index (χ2v) is 7.65. The number of carbonyl (C=O) groups excluding carboxylic acids is 1. The van der Waals surface area contributed by atoms with E-state index in [4.69, 9.17) is 0 Å². The molecule has 1 aromatic heterocycles. The topological polar surface area (TPSA) is 58.1 Å². The van der Waals surface area contributed by atoms with Gasteiger partial charge in [0, 0.05) is 19.3 Å². The Morgan fingerprint density at radius 2 is 1.90 bits per heavy atom. The van der Waals surface area contributed by atoms with Crippen LogP contribution in [-0.4, -0.2) is 27.3 Å². The van der Waals surface area contributed by atoms with Crippen LogP contribution in [0.2, 0.25) is 0 Å². The number of carbonyl (C=O) groups is 1. The maximum absolute atomic E-state index is 13.0. The number of hydrogen-bond donors (Lipinski definition) is 1. The van der Waals surface area contributed by atoms with Crippen molar-refractivity contribution in [2.45, 2.75) is 38.9 Å². The lowest BCUT2D eigenvalue weighted by Crippen LogP contribution is -2.27. The molecule has 1 aliphatic heterocycles. The number of halogens is 1. The number of benzene rings is 2. The minimum Gasteiger partial charge on any atom is -0.348 e. The first kappa shape index (κ1) is 20.2. The van der Waals surface area contributed by atoms with Gasteiger partial charge in [0.25, 0.3) is 5.91 Å². The van der Waals surface area contributed by atoms with E-state index in [0.717, 1.165) is 37.3 Å². The van der Waals surface area contributed by atoms with E-state index in [1.54, 1.807) is 18.3 Å². The highest BCUT2D eigenvalue weighted by molar-refractivity contribution is 5.94. The lowest BCUT2D eigenvalue weighted by Gasteiger charge is -2.23. The Bertz CT molecular complexity index is 1010. The van der Waals surface area contributed by atoms with Crippen LogP contribution in [0.1, 0.15) is 51.9 Å². The molecule has 1 aliphatic rings. The molecule has 0 saturated carbocycles. The van der Waals surface area contributed by atoms with Gasteiger partial charge in [0.15, 0.2) is 0 Å². The number of nitrogens with zero attached hydrogens (tertiary/aromatic N) is 3. The minimum atomic E-state index is -0.293. The molecule has 0 radical (unpaired) electrons. The van der Waals surface area contributed by atoms with Gasteiger partial charge in [-0.05, 0) is 49.6 Å². The molecule has 4 rings (SSSR count). The molecule has 0 bridgehead atoms. The molecule has 2 heterocycles. The Balaban J connectivity index is 1.43. The Morgan fingerprint density at radius 3 is 2.63 bits per heavy atom. The molecule has 0 spiro atoms. The largest absolute Gasteiger partial charge is 0.348 e. The first-order chi connectivity index (χ1) is 14.6. The Labute approximate surface area is 176 Å². The summed E-state index contributed by atoms with van der Waals surface area (Å²) in [6, 6.07) is 16.7. The van der Waals surface area contributed by atoms with Crippen molar-refractivity contribution >= 4 is 5.91 Å². The van der Waals surface area contributed by atoms with E-state index in [2.05, 4.69) is 44.5 Å². The number of rotatable bonds is 6. The highest BCUT2D eigenvalue weighted by Gasteiger charge is 2.28. The van der Waals surface area contributed by atoms with E-state index in [0.29, 0.717) is 17.8 Å². The van der Waals surface area contributed by atoms with Gasteiger partial charge in [-0.1, -0.05) is 42.5 Å². The standard InChI is InChI=1S/C24H25FN4O/c1-17-21(24(30)27-14-18-9-11-20(25)12-10-18)15-26-23(28-17)22-8-5-13-29(22)16-19-6-3-2-4-7-19/h2-4,6-7,9-12,15,22H,5,8,13-14,16H2,1H3,(H,27,30)/t22-/m1/s1. The molecule has 1 saturated heterocycles. The summed E-state index contributed by atoms with van der Waals surface area (Å²) in [7, 11) is 0. The van der Waals surface area contributed by atoms with E-state index in [1.807, 2.05) is 13.0 Å². The molecular formula is C24H25FN4O. The van der Waals surface area contributed by atoms with Gasteiger partial charge in [0.05, 0.1) is 17.3 Å². The summed E-state index contributed by atoms with van der Waals surface area (Å²) in [6.45, 7) is 4.05. The van der Waals surface area contributed by atoms with E-state index in [-0.39, 0.29) is 17.8 Å². The number of aromatic nitrogens is 2. The van der Waals surface area contributed by atoms with Crippen LogP contribution in [0.4, 0.5) is 4.39 Å². The number of nitrogens with one attached hydrogen (secondary N) is 1. The van der Waals surface area contributed by atoms with Crippen LogP contribution in [0, 0.1) is 12.7 Å². The van der Waals surface area contributed by atoms with Crippen molar-refractivity contribution < 1.29 is 9.18 Å². The van der Waals surface area contributed by atoms with Crippen LogP contribution in [-0.2, 0) is 13.1 Å². The summed E-state index contributed by atoms with van der Waals surface area (Å²) in [6.07, 6.45) is 3.75. The predicted octanol–water partition coefficient (Wildman–Crippen LogP) is 4.19. The highest BCUT2D eigenvalue weighted by atomic mass is 19.1. The van der Waals surface area contributed by atoms with E-state index >= 15 is 0 Å². The number of amides is 1. The Morgan fingerprint density at radius 1 is 1.13 bits per heavy atom. The molecule has 2 aromatic carbocycles. The van der Waals surface area contributed by atoms with Gasteiger partial charge in [-0.3, -0.25) is 9.69 Å². The van der Waals surface area contributed by atoms with Gasteiger partial charge in [-0.2, -0.15) is 0 Å². The van der Waals surface area contributed by atoms with Crippen molar-refractivity contribution in [1.82, 2.24) is 20.2 Å². The van der Waals surface area contributed by atoms with Crippen molar-refractivity contribution in [3.8, 4) is 0 Å². The number of hydrogen-bond acceptors (Lipinski definition) is 4. The Hall–Kier alpha value is -3.12. The average Bonchev–Trinajstić information content (AvgIpc) is 3.22. The maximum Gasteiger partial charge on any atom is 0.254 e. The molecule has 5 nitrogen and oxygen atoms in total. The van der Waals surface area contributed by atoms with Crippen LogP contribution in [0.3, 0.4) is 0 Å². The second kappa shape index (κ2) is 9.13. The van der Waals surface area contributed by atoms with Gasteiger partial charge in [-0.15, -0.1) is 0 Å². The summed E-state index contributed by atoms with van der Waals surface area (Å²) in [5.41, 5.74) is 3.25. The minimum absolute atomic E-state index is 0.167. The molecule has 1 fully saturated rings. The first-order valence-electron chi connectivity index (χ1n) is 10.2. The smallest absolute Gasteiger partial charge is 0.254 e. The first-order valence-corrected chi connectivity index (χ1v) is 10.2. The van der Waals surface area contributed by atoms with Crippen molar-refractivity contribution in [2.75, 3.05) is 6.54 Å². The maximum atomic E-state index is 13.0. The monoisotopic (exact) mass is 404 g/mol. The van der Waals surface area contributed by atoms with Crippen LogP contribution in [0.5, 0.6) is 0 Å². The zero-order valence-electron chi connectivity index (χ0n) is 17.0. The highest BCUT2D eigenvalue weighted by Crippen LogP contribution is 2.31. The summed E-state index contributed by atoms with van der Waals surface area (Å²) in [5, 5.41) is 2.85. The summed E-state index contributed by atoms with van der Waals surface area (Å²) < 4.78 is 13.0. The molecule has 30 heavy (non-hydrogen) atoms. The van der Waals surface area contributed by atoms with Gasteiger partial charge in [-0.25, -0.2) is 14.4 Å². The quantitative estimate of drug-likeness (QED) is 0.669. The molecule has 1 N–H and O–H groups in total. The lowest BCUT2D eigenvalue weighted by molar-refractivity contribution is 0.0949. The van der Waals surface area contributed by atoms with E-state index in [1.165, 1.54) is 17.7 Å². The summed E-state index contributed by atoms with van der Waals surface area (Å²) in [5.74, 6) is 0.255. The normalized spacial score (nSPS) is 16.5. The van der Waals surface area contributed by atoms with Crippen molar-refractivity contribution in [2.24, 2.45) is 0 Å².